The summed E-state index contributed by atoms with van der Waals surface area (Å²) in [6.45, 7) is 1.97. The van der Waals surface area contributed by atoms with Gasteiger partial charge >= 0.3 is 0 Å². The maximum Gasteiger partial charge on any atom is 0.226 e. The first-order valence-electron chi connectivity index (χ1n) is 10.5. The van der Waals surface area contributed by atoms with Crippen molar-refractivity contribution in [3.05, 3.63) is 77.6 Å². The summed E-state index contributed by atoms with van der Waals surface area (Å²) in [5.74, 6) is 0.853. The molecule has 2 atom stereocenters. The van der Waals surface area contributed by atoms with Crippen molar-refractivity contribution >= 4 is 5.91 Å². The van der Waals surface area contributed by atoms with Gasteiger partial charge in [-0.1, -0.05) is 30.3 Å². The van der Waals surface area contributed by atoms with Gasteiger partial charge in [-0.05, 0) is 42.2 Å². The molecule has 1 aromatic heterocycles. The number of nitrogens with one attached hydrogen (secondary N) is 1. The minimum absolute atomic E-state index is 0.0504. The third kappa shape index (κ3) is 3.83. The zero-order valence-corrected chi connectivity index (χ0v) is 16.8. The number of rotatable bonds is 6. The van der Waals surface area contributed by atoms with Crippen LogP contribution >= 0.6 is 0 Å². The fraction of sp³-hybridized carbons (Fsp3) is 0.333. The third-order valence-electron chi connectivity index (χ3n) is 5.85. The van der Waals surface area contributed by atoms with Crippen molar-refractivity contribution in [3.8, 4) is 11.4 Å². The van der Waals surface area contributed by atoms with Crippen LogP contribution in [-0.4, -0.2) is 35.4 Å². The van der Waals surface area contributed by atoms with Crippen LogP contribution in [0.4, 0.5) is 0 Å². The van der Waals surface area contributed by atoms with Crippen molar-refractivity contribution in [3.63, 3.8) is 0 Å². The molecule has 5 rings (SSSR count). The zero-order chi connectivity index (χ0) is 20.3. The fourth-order valence-corrected chi connectivity index (χ4v) is 4.25. The van der Waals surface area contributed by atoms with Crippen LogP contribution in [0, 0.1) is 5.92 Å². The Labute approximate surface area is 175 Å². The number of hydrogen-bond donors (Lipinski definition) is 1. The summed E-state index contributed by atoms with van der Waals surface area (Å²) in [7, 11) is 0. The second-order valence-electron chi connectivity index (χ2n) is 7.82. The molecule has 1 amide bonds. The number of carbonyl (C=O) groups excluding carboxylic acids is 1. The molecule has 1 fully saturated rings. The second-order valence-corrected chi connectivity index (χ2v) is 7.82. The standard InChI is InChI=1S/C24H25N3O3/c28-24(25-11-8-17-6-7-22-18(14-17)9-12-29-22)21-10-13-30-23(21)19-15-26-27(16-19)20-4-2-1-3-5-20/h1-7,14-16,21,23H,8-13H2,(H,25,28)/t21-,23+/m0/s1. The molecule has 0 radical (unpaired) electrons. The predicted octanol–water partition coefficient (Wildman–Crippen LogP) is 3.24. The Bertz CT molecular complexity index is 1030. The Hall–Kier alpha value is -3.12. The van der Waals surface area contributed by atoms with Crippen molar-refractivity contribution in [2.75, 3.05) is 19.8 Å². The number of para-hydroxylation sites is 1. The lowest BCUT2D eigenvalue weighted by atomic mass is 9.96. The van der Waals surface area contributed by atoms with E-state index in [4.69, 9.17) is 9.47 Å². The van der Waals surface area contributed by atoms with E-state index in [2.05, 4.69) is 22.5 Å². The molecule has 6 nitrogen and oxygen atoms in total. The number of fused-ring (bicyclic) bond motifs is 1. The van der Waals surface area contributed by atoms with E-state index in [9.17, 15) is 4.79 Å². The van der Waals surface area contributed by atoms with Crippen LogP contribution in [0.3, 0.4) is 0 Å². The molecule has 0 saturated carbocycles. The van der Waals surface area contributed by atoms with Gasteiger partial charge in [0, 0.05) is 31.3 Å². The first-order chi connectivity index (χ1) is 14.8. The van der Waals surface area contributed by atoms with E-state index in [1.807, 2.05) is 47.3 Å². The van der Waals surface area contributed by atoms with Crippen molar-refractivity contribution < 1.29 is 14.3 Å². The average molecular weight is 403 g/mol. The summed E-state index contributed by atoms with van der Waals surface area (Å²) in [6, 6.07) is 16.2. The SMILES string of the molecule is O=C(NCCc1ccc2c(c1)CCO2)[C@H]1CCO[C@@H]1c1cnn(-c2ccccc2)c1. The summed E-state index contributed by atoms with van der Waals surface area (Å²) < 4.78 is 13.3. The lowest BCUT2D eigenvalue weighted by Gasteiger charge is -2.17. The molecule has 3 heterocycles. The van der Waals surface area contributed by atoms with Crippen molar-refractivity contribution in [1.82, 2.24) is 15.1 Å². The maximum atomic E-state index is 12.8. The average Bonchev–Trinajstić information content (AvgIpc) is 3.53. The highest BCUT2D eigenvalue weighted by molar-refractivity contribution is 5.79. The van der Waals surface area contributed by atoms with Crippen molar-refractivity contribution in [1.29, 1.82) is 0 Å². The summed E-state index contributed by atoms with van der Waals surface area (Å²) in [6.07, 6.45) is 6.01. The minimum Gasteiger partial charge on any atom is -0.493 e. The second kappa shape index (κ2) is 8.32. The Morgan fingerprint density at radius 3 is 2.97 bits per heavy atom. The minimum atomic E-state index is -0.250. The van der Waals surface area contributed by atoms with Gasteiger partial charge in [0.25, 0.3) is 0 Å². The maximum absolute atomic E-state index is 12.8. The van der Waals surface area contributed by atoms with E-state index in [0.29, 0.717) is 13.2 Å². The molecule has 1 saturated heterocycles. The Morgan fingerprint density at radius 1 is 1.17 bits per heavy atom. The van der Waals surface area contributed by atoms with Gasteiger partial charge in [0.2, 0.25) is 5.91 Å². The highest BCUT2D eigenvalue weighted by atomic mass is 16.5. The van der Waals surface area contributed by atoms with Gasteiger partial charge in [0.15, 0.2) is 0 Å². The summed E-state index contributed by atoms with van der Waals surface area (Å²) in [4.78, 5) is 12.8. The van der Waals surface area contributed by atoms with E-state index in [1.54, 1.807) is 6.20 Å². The van der Waals surface area contributed by atoms with Crippen LogP contribution in [0.25, 0.3) is 5.69 Å². The quantitative estimate of drug-likeness (QED) is 0.686. The number of ether oxygens (including phenoxy) is 2. The largest absolute Gasteiger partial charge is 0.493 e. The number of nitrogens with zero attached hydrogens (tertiary/aromatic N) is 2. The topological polar surface area (TPSA) is 65.4 Å². The number of benzene rings is 2. The molecule has 2 aliphatic heterocycles. The van der Waals surface area contributed by atoms with Crippen LogP contribution in [0.2, 0.25) is 0 Å². The van der Waals surface area contributed by atoms with E-state index < -0.39 is 0 Å². The number of amides is 1. The molecule has 154 valence electrons. The number of carbonyl (C=O) groups is 1. The van der Waals surface area contributed by atoms with E-state index >= 15 is 0 Å². The smallest absolute Gasteiger partial charge is 0.226 e. The molecule has 30 heavy (non-hydrogen) atoms. The molecular weight excluding hydrogens is 378 g/mol. The number of aromatic nitrogens is 2. The molecule has 0 unspecified atom stereocenters. The molecule has 0 bridgehead atoms. The van der Waals surface area contributed by atoms with Gasteiger partial charge in [-0.15, -0.1) is 0 Å². The Morgan fingerprint density at radius 2 is 2.07 bits per heavy atom. The lowest BCUT2D eigenvalue weighted by Crippen LogP contribution is -2.33. The molecule has 2 aliphatic rings. The predicted molar refractivity (Wildman–Crippen MR) is 113 cm³/mol. The van der Waals surface area contributed by atoms with Crippen LogP contribution in [-0.2, 0) is 22.4 Å². The van der Waals surface area contributed by atoms with Crippen LogP contribution in [0.1, 0.15) is 29.2 Å². The molecule has 2 aromatic carbocycles. The summed E-state index contributed by atoms with van der Waals surface area (Å²) in [5.41, 5.74) is 4.42. The molecule has 0 aliphatic carbocycles. The molecule has 6 heteroatoms. The third-order valence-corrected chi connectivity index (χ3v) is 5.85. The van der Waals surface area contributed by atoms with Crippen molar-refractivity contribution in [2.24, 2.45) is 5.92 Å². The zero-order valence-electron chi connectivity index (χ0n) is 16.8. The van der Waals surface area contributed by atoms with Gasteiger partial charge in [-0.25, -0.2) is 4.68 Å². The first kappa shape index (κ1) is 18.9. The van der Waals surface area contributed by atoms with Crippen LogP contribution in [0.5, 0.6) is 5.75 Å². The monoisotopic (exact) mass is 403 g/mol. The molecule has 0 spiro atoms. The van der Waals surface area contributed by atoms with E-state index in [0.717, 1.165) is 42.9 Å². The first-order valence-corrected chi connectivity index (χ1v) is 10.5. The van der Waals surface area contributed by atoms with Gasteiger partial charge < -0.3 is 14.8 Å². The van der Waals surface area contributed by atoms with Crippen LogP contribution < -0.4 is 10.1 Å². The fourth-order valence-electron chi connectivity index (χ4n) is 4.25. The Balaban J connectivity index is 1.20. The van der Waals surface area contributed by atoms with Gasteiger partial charge in [-0.3, -0.25) is 4.79 Å². The van der Waals surface area contributed by atoms with Gasteiger partial charge in [-0.2, -0.15) is 5.10 Å². The van der Waals surface area contributed by atoms with Crippen molar-refractivity contribution in [2.45, 2.75) is 25.4 Å². The number of hydrogen-bond acceptors (Lipinski definition) is 4. The van der Waals surface area contributed by atoms with Gasteiger partial charge in [0.05, 0.1) is 30.5 Å². The van der Waals surface area contributed by atoms with Gasteiger partial charge in [0.1, 0.15) is 5.75 Å². The molecule has 3 aromatic rings. The molecular formula is C24H25N3O3. The normalized spacial score (nSPS) is 20.0. The highest BCUT2D eigenvalue weighted by Gasteiger charge is 2.35. The Kier molecular flexibility index (Phi) is 5.24. The molecule has 1 N–H and O–H groups in total. The van der Waals surface area contributed by atoms with E-state index in [-0.39, 0.29) is 17.9 Å². The lowest BCUT2D eigenvalue weighted by molar-refractivity contribution is -0.126. The summed E-state index contributed by atoms with van der Waals surface area (Å²) in [5, 5.41) is 7.55. The van der Waals surface area contributed by atoms with E-state index in [1.165, 1.54) is 11.1 Å². The summed E-state index contributed by atoms with van der Waals surface area (Å²) >= 11 is 0. The van der Waals surface area contributed by atoms with Crippen LogP contribution in [0.15, 0.2) is 60.9 Å². The highest BCUT2D eigenvalue weighted by Crippen LogP contribution is 2.34.